The van der Waals surface area contributed by atoms with Gasteiger partial charge in [0.1, 0.15) is 35.2 Å². The van der Waals surface area contributed by atoms with Crippen molar-refractivity contribution in [3.63, 3.8) is 0 Å². The Kier molecular flexibility index (Phi) is 7.38. The van der Waals surface area contributed by atoms with Crippen LogP contribution in [0, 0.1) is 11.6 Å². The van der Waals surface area contributed by atoms with Gasteiger partial charge in [0.2, 0.25) is 5.91 Å². The number of benzene rings is 2. The minimum Gasteiger partial charge on any atom is -0.486 e. The van der Waals surface area contributed by atoms with Crippen LogP contribution in [0.1, 0.15) is 19.3 Å². The van der Waals surface area contributed by atoms with E-state index >= 15 is 0 Å². The summed E-state index contributed by atoms with van der Waals surface area (Å²) in [5, 5.41) is 2.82. The number of rotatable bonds is 7. The molecular formula is C26H25ClF2N4O4. The van der Waals surface area contributed by atoms with E-state index in [1.54, 1.807) is 17.0 Å². The first kappa shape index (κ1) is 25.2. The molecule has 2 aliphatic heterocycles. The lowest BCUT2D eigenvalue weighted by Crippen LogP contribution is -2.41. The summed E-state index contributed by atoms with van der Waals surface area (Å²) >= 11 is 5.74. The van der Waals surface area contributed by atoms with E-state index in [4.69, 9.17) is 25.8 Å². The molecule has 0 aliphatic carbocycles. The average molecular weight is 531 g/mol. The van der Waals surface area contributed by atoms with Crippen LogP contribution in [0.3, 0.4) is 0 Å². The maximum absolute atomic E-state index is 14.6. The van der Waals surface area contributed by atoms with Crippen molar-refractivity contribution in [2.75, 3.05) is 31.6 Å². The fourth-order valence-corrected chi connectivity index (χ4v) is 4.55. The smallest absolute Gasteiger partial charge is 0.245 e. The molecule has 2 aromatic carbocycles. The highest BCUT2D eigenvalue weighted by molar-refractivity contribution is 6.31. The van der Waals surface area contributed by atoms with E-state index in [0.717, 1.165) is 12.5 Å². The van der Waals surface area contributed by atoms with Gasteiger partial charge in [-0.15, -0.1) is 0 Å². The van der Waals surface area contributed by atoms with Gasteiger partial charge in [-0.2, -0.15) is 0 Å². The highest BCUT2D eigenvalue weighted by Crippen LogP contribution is 2.38. The minimum absolute atomic E-state index is 0.0310. The van der Waals surface area contributed by atoms with Gasteiger partial charge in [0, 0.05) is 43.8 Å². The molecule has 2 fully saturated rings. The van der Waals surface area contributed by atoms with Gasteiger partial charge in [0.15, 0.2) is 17.3 Å². The van der Waals surface area contributed by atoms with Gasteiger partial charge < -0.3 is 24.4 Å². The standard InChI is InChI=1S/C26H25ClF2N4O4/c1-2-23(34)33-8-5-15(6-9-33)36-21-11-17-20(12-22(21)37-16-7-10-35-13-16)30-14-31-26(17)32-19-4-3-18(28)24(27)25(19)29/h2-4,11-12,14-16H,1,5-10,13H2,(H,30,31,32). The first-order chi connectivity index (χ1) is 17.9. The van der Waals surface area contributed by atoms with E-state index < -0.39 is 16.7 Å². The Hall–Kier alpha value is -3.50. The first-order valence-corrected chi connectivity index (χ1v) is 12.3. The molecule has 37 heavy (non-hydrogen) atoms. The molecule has 0 radical (unpaired) electrons. The number of piperidine rings is 1. The molecule has 0 bridgehead atoms. The average Bonchev–Trinajstić information content (AvgIpc) is 3.43. The van der Waals surface area contributed by atoms with Crippen LogP contribution in [0.5, 0.6) is 11.5 Å². The van der Waals surface area contributed by atoms with Crippen LogP contribution in [-0.4, -0.2) is 59.3 Å². The molecule has 1 aromatic heterocycles. The van der Waals surface area contributed by atoms with E-state index in [-0.39, 0.29) is 23.8 Å². The number of fused-ring (bicyclic) bond motifs is 1. The largest absolute Gasteiger partial charge is 0.486 e. The molecule has 2 saturated heterocycles. The van der Waals surface area contributed by atoms with E-state index in [0.29, 0.717) is 67.4 Å². The molecule has 0 saturated carbocycles. The third-order valence-electron chi connectivity index (χ3n) is 6.39. The van der Waals surface area contributed by atoms with Crippen LogP contribution in [0.25, 0.3) is 10.9 Å². The van der Waals surface area contributed by atoms with E-state index in [1.807, 2.05) is 0 Å². The molecule has 1 unspecified atom stereocenters. The maximum Gasteiger partial charge on any atom is 0.245 e. The molecule has 5 rings (SSSR count). The Balaban J connectivity index is 1.46. The minimum atomic E-state index is -0.924. The summed E-state index contributed by atoms with van der Waals surface area (Å²) in [6.45, 7) is 5.74. The van der Waals surface area contributed by atoms with Crippen LogP contribution in [-0.2, 0) is 9.53 Å². The topological polar surface area (TPSA) is 85.8 Å². The van der Waals surface area contributed by atoms with Crippen LogP contribution < -0.4 is 14.8 Å². The lowest BCUT2D eigenvalue weighted by atomic mass is 10.1. The van der Waals surface area contributed by atoms with Gasteiger partial charge in [-0.1, -0.05) is 18.2 Å². The van der Waals surface area contributed by atoms with E-state index in [9.17, 15) is 13.6 Å². The Labute approximate surface area is 217 Å². The molecule has 1 N–H and O–H groups in total. The number of hydrogen-bond donors (Lipinski definition) is 1. The van der Waals surface area contributed by atoms with Crippen molar-refractivity contribution in [3.8, 4) is 11.5 Å². The van der Waals surface area contributed by atoms with Gasteiger partial charge in [-0.3, -0.25) is 4.79 Å². The van der Waals surface area contributed by atoms with Crippen LogP contribution in [0.4, 0.5) is 20.3 Å². The number of anilines is 2. The number of aromatic nitrogens is 2. The molecule has 0 spiro atoms. The summed E-state index contributed by atoms with van der Waals surface area (Å²) in [5.74, 6) is -0.607. The number of nitrogens with zero attached hydrogens (tertiary/aromatic N) is 3. The zero-order chi connectivity index (χ0) is 25.9. The molecule has 194 valence electrons. The quantitative estimate of drug-likeness (QED) is 0.339. The zero-order valence-electron chi connectivity index (χ0n) is 19.9. The maximum atomic E-state index is 14.6. The van der Waals surface area contributed by atoms with Crippen LogP contribution in [0.2, 0.25) is 5.02 Å². The fourth-order valence-electron chi connectivity index (χ4n) is 4.39. The third kappa shape index (κ3) is 5.45. The van der Waals surface area contributed by atoms with Crippen molar-refractivity contribution in [1.29, 1.82) is 0 Å². The van der Waals surface area contributed by atoms with Gasteiger partial charge in [0.25, 0.3) is 0 Å². The summed E-state index contributed by atoms with van der Waals surface area (Å²) in [7, 11) is 0. The van der Waals surface area contributed by atoms with Crippen molar-refractivity contribution in [3.05, 3.63) is 59.9 Å². The summed E-state index contributed by atoms with van der Waals surface area (Å²) in [6, 6.07) is 5.82. The summed E-state index contributed by atoms with van der Waals surface area (Å²) in [5.41, 5.74) is 0.510. The number of nitrogens with one attached hydrogen (secondary N) is 1. The summed E-state index contributed by atoms with van der Waals surface area (Å²) in [4.78, 5) is 22.3. The molecule has 8 nitrogen and oxygen atoms in total. The predicted molar refractivity (Wildman–Crippen MR) is 134 cm³/mol. The van der Waals surface area contributed by atoms with Crippen LogP contribution >= 0.6 is 11.6 Å². The predicted octanol–water partition coefficient (Wildman–Crippen LogP) is 5.03. The third-order valence-corrected chi connectivity index (χ3v) is 6.74. The Morgan fingerprint density at radius 1 is 1.14 bits per heavy atom. The SMILES string of the molecule is C=CC(=O)N1CCC(Oc2cc3c(Nc4ccc(F)c(Cl)c4F)ncnc3cc2OC2CCOC2)CC1. The number of carbonyl (C=O) groups is 1. The Morgan fingerprint density at radius 2 is 1.89 bits per heavy atom. The van der Waals surface area contributed by atoms with Crippen LogP contribution in [0.15, 0.2) is 43.2 Å². The zero-order valence-corrected chi connectivity index (χ0v) is 20.6. The second kappa shape index (κ2) is 10.9. The summed E-state index contributed by atoms with van der Waals surface area (Å²) < 4.78 is 46.2. The second-order valence-electron chi connectivity index (χ2n) is 8.84. The van der Waals surface area contributed by atoms with Gasteiger partial charge in [-0.25, -0.2) is 18.7 Å². The lowest BCUT2D eigenvalue weighted by molar-refractivity contribution is -0.127. The Morgan fingerprint density at radius 3 is 2.62 bits per heavy atom. The molecule has 3 heterocycles. The monoisotopic (exact) mass is 530 g/mol. The fraction of sp³-hybridized carbons (Fsp3) is 0.346. The van der Waals surface area contributed by atoms with Crippen molar-refractivity contribution < 1.29 is 27.8 Å². The highest BCUT2D eigenvalue weighted by atomic mass is 35.5. The van der Waals surface area contributed by atoms with E-state index in [2.05, 4.69) is 21.9 Å². The van der Waals surface area contributed by atoms with Gasteiger partial charge >= 0.3 is 0 Å². The summed E-state index contributed by atoms with van der Waals surface area (Å²) in [6.07, 6.45) is 4.40. The number of halogens is 3. The molecule has 3 aromatic rings. The number of hydrogen-bond acceptors (Lipinski definition) is 7. The lowest BCUT2D eigenvalue weighted by Gasteiger charge is -2.32. The normalized spacial score (nSPS) is 18.1. The number of likely N-dealkylation sites (tertiary alicyclic amines) is 1. The number of carbonyl (C=O) groups excluding carboxylic acids is 1. The van der Waals surface area contributed by atoms with Crippen molar-refractivity contribution >= 4 is 39.9 Å². The second-order valence-corrected chi connectivity index (χ2v) is 9.21. The first-order valence-electron chi connectivity index (χ1n) is 11.9. The van der Waals surface area contributed by atoms with Crippen molar-refractivity contribution in [2.45, 2.75) is 31.5 Å². The molecule has 1 atom stereocenters. The molecular weight excluding hydrogens is 506 g/mol. The number of ether oxygens (including phenoxy) is 3. The number of amides is 1. The highest BCUT2D eigenvalue weighted by Gasteiger charge is 2.26. The molecule has 11 heteroatoms. The van der Waals surface area contributed by atoms with E-state index in [1.165, 1.54) is 18.5 Å². The molecule has 2 aliphatic rings. The molecule has 1 amide bonds. The van der Waals surface area contributed by atoms with Gasteiger partial charge in [-0.05, 0) is 24.3 Å². The van der Waals surface area contributed by atoms with Crippen molar-refractivity contribution in [2.24, 2.45) is 0 Å². The van der Waals surface area contributed by atoms with Gasteiger partial charge in [0.05, 0.1) is 24.4 Å². The Bertz CT molecular complexity index is 1330. The van der Waals surface area contributed by atoms with Crippen molar-refractivity contribution in [1.82, 2.24) is 14.9 Å².